The number of halogens is 2. The second kappa shape index (κ2) is 9.18. The van der Waals surface area contributed by atoms with E-state index in [0.717, 1.165) is 5.56 Å². The maximum atomic E-state index is 12.3. The van der Waals surface area contributed by atoms with Crippen LogP contribution in [0.1, 0.15) is 22.3 Å². The molecule has 0 saturated heterocycles. The number of aryl methyl sites for hydroxylation is 1. The first-order valence-corrected chi connectivity index (χ1v) is 9.12. The second-order valence-electron chi connectivity index (χ2n) is 5.79. The zero-order valence-corrected chi connectivity index (χ0v) is 16.2. The van der Waals surface area contributed by atoms with E-state index >= 15 is 0 Å². The molecule has 0 atom stereocenters. The van der Waals surface area contributed by atoms with Gasteiger partial charge in [-0.2, -0.15) is 15.5 Å². The van der Waals surface area contributed by atoms with Crippen molar-refractivity contribution in [2.75, 3.05) is 0 Å². The van der Waals surface area contributed by atoms with Gasteiger partial charge in [-0.05, 0) is 18.2 Å². The molecule has 0 saturated carbocycles. The number of rotatable bonds is 6. The molecule has 0 aliphatic carbocycles. The molecule has 28 heavy (non-hydrogen) atoms. The Labute approximate surface area is 172 Å². The van der Waals surface area contributed by atoms with Gasteiger partial charge >= 0.3 is 0 Å². The van der Waals surface area contributed by atoms with E-state index in [2.05, 4.69) is 21.7 Å². The van der Waals surface area contributed by atoms with Gasteiger partial charge in [0, 0.05) is 22.3 Å². The Hall–Kier alpha value is -3.14. The number of hydrogen-bond acceptors (Lipinski definition) is 4. The predicted molar refractivity (Wildman–Crippen MR) is 109 cm³/mol. The quantitative estimate of drug-likeness (QED) is 0.477. The van der Waals surface area contributed by atoms with E-state index in [1.807, 2.05) is 30.3 Å². The van der Waals surface area contributed by atoms with E-state index < -0.39 is 5.91 Å². The van der Waals surface area contributed by atoms with Crippen LogP contribution in [0.4, 0.5) is 0 Å². The molecule has 0 aliphatic rings. The van der Waals surface area contributed by atoms with Crippen molar-refractivity contribution < 1.29 is 4.79 Å². The predicted octanol–water partition coefficient (Wildman–Crippen LogP) is 4.53. The van der Waals surface area contributed by atoms with Gasteiger partial charge in [-0.15, -0.1) is 0 Å². The number of nitrogens with zero attached hydrogens (tertiary/aromatic N) is 4. The summed E-state index contributed by atoms with van der Waals surface area (Å²) in [6.45, 7) is 0.467. The minimum Gasteiger partial charge on any atom is -0.270 e. The van der Waals surface area contributed by atoms with Crippen LogP contribution in [-0.4, -0.2) is 21.9 Å². The standard InChI is InChI=1S/C20H15Cl2N5O/c21-16-7-8-18(22)17(11-16)20(28)25-24-12-15-13-27(10-4-9-23)26-19(15)14-5-2-1-3-6-14/h1-3,5-8,11-13H,4,10H2,(H,25,28)/b24-12-. The van der Waals surface area contributed by atoms with Crippen molar-refractivity contribution in [3.63, 3.8) is 0 Å². The van der Waals surface area contributed by atoms with Crippen molar-refractivity contribution in [1.29, 1.82) is 5.26 Å². The van der Waals surface area contributed by atoms with Crippen LogP contribution in [0.5, 0.6) is 0 Å². The Morgan fingerprint density at radius 3 is 2.79 bits per heavy atom. The van der Waals surface area contributed by atoms with Crippen LogP contribution < -0.4 is 5.43 Å². The molecule has 0 unspecified atom stereocenters. The fourth-order valence-corrected chi connectivity index (χ4v) is 2.90. The number of carbonyl (C=O) groups is 1. The maximum Gasteiger partial charge on any atom is 0.272 e. The summed E-state index contributed by atoms with van der Waals surface area (Å²) in [6.07, 6.45) is 3.63. The monoisotopic (exact) mass is 411 g/mol. The minimum atomic E-state index is -0.470. The van der Waals surface area contributed by atoms with Gasteiger partial charge in [0.15, 0.2) is 0 Å². The van der Waals surface area contributed by atoms with Crippen LogP contribution in [-0.2, 0) is 6.54 Å². The lowest BCUT2D eigenvalue weighted by Crippen LogP contribution is -2.18. The van der Waals surface area contributed by atoms with Crippen molar-refractivity contribution in [3.8, 4) is 17.3 Å². The smallest absolute Gasteiger partial charge is 0.270 e. The first-order chi connectivity index (χ1) is 13.6. The lowest BCUT2D eigenvalue weighted by Gasteiger charge is -2.03. The van der Waals surface area contributed by atoms with Gasteiger partial charge in [0.2, 0.25) is 0 Å². The van der Waals surface area contributed by atoms with Crippen LogP contribution in [0, 0.1) is 11.3 Å². The molecular formula is C20H15Cl2N5O. The SMILES string of the molecule is N#CCCn1cc(/C=N\NC(=O)c2cc(Cl)ccc2Cl)c(-c2ccccc2)n1. The topological polar surface area (TPSA) is 83.1 Å². The summed E-state index contributed by atoms with van der Waals surface area (Å²) in [5.41, 5.74) is 5.00. The van der Waals surface area contributed by atoms with Gasteiger partial charge in [-0.3, -0.25) is 9.48 Å². The van der Waals surface area contributed by atoms with Crippen LogP contribution in [0.3, 0.4) is 0 Å². The molecule has 3 aromatic rings. The average molecular weight is 412 g/mol. The van der Waals surface area contributed by atoms with Gasteiger partial charge in [-0.25, -0.2) is 5.43 Å². The van der Waals surface area contributed by atoms with Gasteiger partial charge in [0.05, 0.1) is 35.8 Å². The van der Waals surface area contributed by atoms with E-state index in [1.165, 1.54) is 12.3 Å². The van der Waals surface area contributed by atoms with Crippen molar-refractivity contribution in [2.24, 2.45) is 5.10 Å². The molecule has 3 rings (SSSR count). The van der Waals surface area contributed by atoms with E-state index in [-0.39, 0.29) is 10.6 Å². The Balaban J connectivity index is 1.82. The highest BCUT2D eigenvalue weighted by Gasteiger charge is 2.12. The third-order valence-electron chi connectivity index (χ3n) is 3.83. The molecule has 0 spiro atoms. The highest BCUT2D eigenvalue weighted by Crippen LogP contribution is 2.22. The molecule has 6 nitrogen and oxygen atoms in total. The molecule has 0 radical (unpaired) electrons. The Bertz CT molecular complexity index is 1050. The average Bonchev–Trinajstić information content (AvgIpc) is 3.11. The summed E-state index contributed by atoms with van der Waals surface area (Å²) in [5, 5.41) is 18.0. The second-order valence-corrected chi connectivity index (χ2v) is 6.64. The van der Waals surface area contributed by atoms with Crippen molar-refractivity contribution in [3.05, 3.63) is 75.9 Å². The molecule has 8 heteroatoms. The number of benzene rings is 2. The summed E-state index contributed by atoms with van der Waals surface area (Å²) in [5.74, 6) is -0.470. The van der Waals surface area contributed by atoms with E-state index in [9.17, 15) is 4.79 Å². The molecule has 1 N–H and O–H groups in total. The zero-order chi connectivity index (χ0) is 19.9. The van der Waals surface area contributed by atoms with Crippen LogP contribution in [0.15, 0.2) is 59.8 Å². The summed E-state index contributed by atoms with van der Waals surface area (Å²) in [7, 11) is 0. The minimum absolute atomic E-state index is 0.235. The molecule has 1 amide bonds. The maximum absolute atomic E-state index is 12.3. The molecule has 2 aromatic carbocycles. The molecule has 0 aliphatic heterocycles. The van der Waals surface area contributed by atoms with E-state index in [1.54, 1.807) is 23.0 Å². The molecular weight excluding hydrogens is 397 g/mol. The molecule has 140 valence electrons. The number of nitriles is 1. The summed E-state index contributed by atoms with van der Waals surface area (Å²) >= 11 is 11.9. The van der Waals surface area contributed by atoms with Crippen molar-refractivity contribution in [2.45, 2.75) is 13.0 Å². The first-order valence-electron chi connectivity index (χ1n) is 8.37. The van der Waals surface area contributed by atoms with Gasteiger partial charge < -0.3 is 0 Å². The molecule has 1 aromatic heterocycles. The van der Waals surface area contributed by atoms with Gasteiger partial charge in [0.25, 0.3) is 5.91 Å². The van der Waals surface area contributed by atoms with Crippen LogP contribution in [0.25, 0.3) is 11.3 Å². The van der Waals surface area contributed by atoms with Crippen LogP contribution >= 0.6 is 23.2 Å². The lowest BCUT2D eigenvalue weighted by atomic mass is 10.1. The van der Waals surface area contributed by atoms with E-state index in [0.29, 0.717) is 29.2 Å². The van der Waals surface area contributed by atoms with Gasteiger partial charge in [0.1, 0.15) is 5.69 Å². The van der Waals surface area contributed by atoms with Crippen molar-refractivity contribution >= 4 is 35.3 Å². The third kappa shape index (κ3) is 4.77. The fraction of sp³-hybridized carbons (Fsp3) is 0.100. The number of amides is 1. The Kier molecular flexibility index (Phi) is 6.43. The van der Waals surface area contributed by atoms with Crippen molar-refractivity contribution in [1.82, 2.24) is 15.2 Å². The van der Waals surface area contributed by atoms with E-state index in [4.69, 9.17) is 28.5 Å². The summed E-state index contributed by atoms with van der Waals surface area (Å²) < 4.78 is 1.68. The third-order valence-corrected chi connectivity index (χ3v) is 4.40. The fourth-order valence-electron chi connectivity index (χ4n) is 2.52. The lowest BCUT2D eigenvalue weighted by molar-refractivity contribution is 0.0955. The number of carbonyl (C=O) groups excluding carboxylic acids is 1. The largest absolute Gasteiger partial charge is 0.272 e. The Morgan fingerprint density at radius 1 is 1.25 bits per heavy atom. The number of hydrogen-bond donors (Lipinski definition) is 1. The molecule has 0 bridgehead atoms. The highest BCUT2D eigenvalue weighted by molar-refractivity contribution is 6.35. The zero-order valence-electron chi connectivity index (χ0n) is 14.6. The normalized spacial score (nSPS) is 10.8. The highest BCUT2D eigenvalue weighted by atomic mass is 35.5. The number of nitrogens with one attached hydrogen (secondary N) is 1. The first kappa shape index (κ1) is 19.6. The summed E-state index contributed by atoms with van der Waals surface area (Å²) in [4.78, 5) is 12.3. The van der Waals surface area contributed by atoms with Gasteiger partial charge in [-0.1, -0.05) is 53.5 Å². The number of hydrazone groups is 1. The summed E-state index contributed by atoms with van der Waals surface area (Å²) in [6, 6.07) is 16.3. The molecule has 1 heterocycles. The molecule has 0 fully saturated rings. The number of aromatic nitrogens is 2. The van der Waals surface area contributed by atoms with Crippen LogP contribution in [0.2, 0.25) is 10.0 Å². The Morgan fingerprint density at radius 2 is 2.04 bits per heavy atom.